The fourth-order valence-corrected chi connectivity index (χ4v) is 3.45. The van der Waals surface area contributed by atoms with Crippen molar-refractivity contribution in [1.29, 1.82) is 0 Å². The summed E-state index contributed by atoms with van der Waals surface area (Å²) in [5, 5.41) is 14.3. The molecule has 2 N–H and O–H groups in total. The second-order valence-corrected chi connectivity index (χ2v) is 6.81. The Morgan fingerprint density at radius 3 is 2.36 bits per heavy atom. The van der Waals surface area contributed by atoms with Crippen molar-refractivity contribution in [2.75, 3.05) is 26.2 Å². The van der Waals surface area contributed by atoms with Crippen LogP contribution in [0.2, 0.25) is 0 Å². The summed E-state index contributed by atoms with van der Waals surface area (Å²) in [6.45, 7) is 6.93. The van der Waals surface area contributed by atoms with Gasteiger partial charge >= 0.3 is 0 Å². The molecule has 0 saturated carbocycles. The van der Waals surface area contributed by atoms with Gasteiger partial charge in [-0.25, -0.2) is 0 Å². The van der Waals surface area contributed by atoms with Gasteiger partial charge in [-0.3, -0.25) is 0 Å². The minimum atomic E-state index is -0.405. The van der Waals surface area contributed by atoms with E-state index in [1.165, 1.54) is 51.7 Å². The molecule has 1 aliphatic rings. The van der Waals surface area contributed by atoms with E-state index in [0.717, 1.165) is 24.9 Å². The van der Waals surface area contributed by atoms with Crippen LogP contribution in [0.1, 0.15) is 63.5 Å². The lowest BCUT2D eigenvalue weighted by molar-refractivity contribution is 0.121. The quantitative estimate of drug-likeness (QED) is 0.573. The fraction of sp³-hybridized carbons (Fsp3) is 0.700. The number of rotatable bonds is 10. The van der Waals surface area contributed by atoms with Gasteiger partial charge in [0.15, 0.2) is 0 Å². The molecule has 1 heterocycles. The molecule has 1 aromatic rings. The molecule has 3 nitrogen and oxygen atoms in total. The van der Waals surface area contributed by atoms with Crippen LogP contribution in [0.15, 0.2) is 30.3 Å². The number of likely N-dealkylation sites (tertiary alicyclic amines) is 1. The van der Waals surface area contributed by atoms with E-state index in [9.17, 15) is 5.11 Å². The zero-order valence-electron chi connectivity index (χ0n) is 15.5. The summed E-state index contributed by atoms with van der Waals surface area (Å²) < 4.78 is 0. The Morgan fingerprint density at radius 2 is 1.72 bits per heavy atom. The first-order valence-electron chi connectivity index (χ1n) is 9.50. The third-order valence-corrected chi connectivity index (χ3v) is 4.90. The van der Waals surface area contributed by atoms with E-state index in [-0.39, 0.29) is 30.9 Å². The molecule has 146 valence electrons. The van der Waals surface area contributed by atoms with Crippen LogP contribution in [0, 0.1) is 0 Å². The summed E-state index contributed by atoms with van der Waals surface area (Å²) in [7, 11) is 0. The largest absolute Gasteiger partial charge is 0.387 e. The normalized spacial score (nSPS) is 17.2. The zero-order chi connectivity index (χ0) is 16.3. The van der Waals surface area contributed by atoms with Gasteiger partial charge in [0.25, 0.3) is 0 Å². The van der Waals surface area contributed by atoms with Crippen molar-refractivity contribution in [3.63, 3.8) is 0 Å². The van der Waals surface area contributed by atoms with Crippen molar-refractivity contribution in [3.8, 4) is 0 Å². The van der Waals surface area contributed by atoms with Crippen LogP contribution in [0.5, 0.6) is 0 Å². The summed E-state index contributed by atoms with van der Waals surface area (Å²) in [6, 6.07) is 10.2. The monoisotopic (exact) mass is 390 g/mol. The topological polar surface area (TPSA) is 35.5 Å². The van der Waals surface area contributed by atoms with E-state index in [4.69, 9.17) is 0 Å². The summed E-state index contributed by atoms with van der Waals surface area (Å²) in [6.07, 6.45) is 8.26. The van der Waals surface area contributed by atoms with Crippen LogP contribution < -0.4 is 5.32 Å². The smallest absolute Gasteiger partial charge is 0.0942 e. The van der Waals surface area contributed by atoms with Crippen molar-refractivity contribution >= 4 is 24.8 Å². The first-order valence-corrected chi connectivity index (χ1v) is 9.50. The van der Waals surface area contributed by atoms with Gasteiger partial charge in [-0.05, 0) is 57.4 Å². The predicted octanol–water partition coefficient (Wildman–Crippen LogP) is 4.59. The minimum absolute atomic E-state index is 0. The van der Waals surface area contributed by atoms with E-state index >= 15 is 0 Å². The maximum absolute atomic E-state index is 10.7. The van der Waals surface area contributed by atoms with Gasteiger partial charge in [-0.15, -0.1) is 24.8 Å². The first-order chi connectivity index (χ1) is 11.3. The van der Waals surface area contributed by atoms with Crippen LogP contribution in [-0.4, -0.2) is 42.2 Å². The lowest BCUT2D eigenvalue weighted by Crippen LogP contribution is -2.38. The third-order valence-electron chi connectivity index (χ3n) is 4.90. The maximum Gasteiger partial charge on any atom is 0.0942 e. The lowest BCUT2D eigenvalue weighted by Gasteiger charge is -2.28. The van der Waals surface area contributed by atoms with Gasteiger partial charge in [0.1, 0.15) is 0 Å². The third kappa shape index (κ3) is 9.25. The van der Waals surface area contributed by atoms with Crippen LogP contribution in [0.3, 0.4) is 0 Å². The van der Waals surface area contributed by atoms with Gasteiger partial charge < -0.3 is 15.3 Å². The molecule has 2 unspecified atom stereocenters. The van der Waals surface area contributed by atoms with Gasteiger partial charge in [0.2, 0.25) is 0 Å². The maximum atomic E-state index is 10.7. The second-order valence-electron chi connectivity index (χ2n) is 6.81. The number of unbranched alkanes of at least 4 members (excludes halogenated alkanes) is 1. The number of nitrogens with one attached hydrogen (secondary N) is 1. The van der Waals surface area contributed by atoms with E-state index in [0.29, 0.717) is 0 Å². The van der Waals surface area contributed by atoms with Gasteiger partial charge in [0, 0.05) is 6.04 Å². The number of aliphatic hydroxyl groups excluding tert-OH is 1. The van der Waals surface area contributed by atoms with Crippen molar-refractivity contribution in [2.24, 2.45) is 0 Å². The van der Waals surface area contributed by atoms with E-state index in [2.05, 4.69) is 17.1 Å². The van der Waals surface area contributed by atoms with Crippen LogP contribution in [-0.2, 0) is 0 Å². The molecule has 0 bridgehead atoms. The molecule has 2 atom stereocenters. The highest BCUT2D eigenvalue weighted by Crippen LogP contribution is 2.20. The number of hydrogen-bond acceptors (Lipinski definition) is 3. The zero-order valence-corrected chi connectivity index (χ0v) is 17.2. The number of nitrogens with zero attached hydrogens (tertiary/aromatic N) is 1. The van der Waals surface area contributed by atoms with Crippen molar-refractivity contribution in [1.82, 2.24) is 10.2 Å². The molecule has 0 aromatic heterocycles. The number of benzene rings is 1. The molecule has 0 spiro atoms. The Morgan fingerprint density at radius 1 is 1.04 bits per heavy atom. The molecule has 25 heavy (non-hydrogen) atoms. The molecule has 2 rings (SSSR count). The highest BCUT2D eigenvalue weighted by molar-refractivity contribution is 5.85. The predicted molar refractivity (Wildman–Crippen MR) is 112 cm³/mol. The molecular formula is C20H36Cl2N2O. The Kier molecular flexibility index (Phi) is 14.6. The van der Waals surface area contributed by atoms with E-state index in [1.807, 2.05) is 30.3 Å². The Balaban J connectivity index is 0.00000288. The van der Waals surface area contributed by atoms with Crippen molar-refractivity contribution < 1.29 is 5.11 Å². The number of piperidine rings is 1. The van der Waals surface area contributed by atoms with E-state index in [1.54, 1.807) is 0 Å². The average Bonchev–Trinajstić information content (AvgIpc) is 2.62. The summed E-state index contributed by atoms with van der Waals surface area (Å²) in [4.78, 5) is 2.58. The summed E-state index contributed by atoms with van der Waals surface area (Å²) in [5.41, 5.74) is 1.03. The highest BCUT2D eigenvalue weighted by Gasteiger charge is 2.19. The number of halogens is 2. The van der Waals surface area contributed by atoms with Crippen molar-refractivity contribution in [2.45, 2.75) is 64.0 Å². The molecule has 0 radical (unpaired) electrons. The average molecular weight is 391 g/mol. The number of aliphatic hydroxyl groups is 1. The molecule has 5 heteroatoms. The van der Waals surface area contributed by atoms with E-state index < -0.39 is 6.10 Å². The molecular weight excluding hydrogens is 355 g/mol. The molecule has 1 fully saturated rings. The molecule has 0 amide bonds. The van der Waals surface area contributed by atoms with Gasteiger partial charge in [-0.1, -0.05) is 56.5 Å². The number of hydrogen-bond donors (Lipinski definition) is 2. The Bertz CT molecular complexity index is 413. The van der Waals surface area contributed by atoms with Gasteiger partial charge in [0.05, 0.1) is 6.10 Å². The Hall–Kier alpha value is -0.320. The lowest BCUT2D eigenvalue weighted by atomic mass is 9.97. The summed E-state index contributed by atoms with van der Waals surface area (Å²) in [5.74, 6) is 0. The molecule has 1 aromatic carbocycles. The second kappa shape index (κ2) is 14.8. The molecule has 0 aliphatic carbocycles. The van der Waals surface area contributed by atoms with Crippen LogP contribution in [0.25, 0.3) is 0 Å². The molecule has 1 aliphatic heterocycles. The fourth-order valence-electron chi connectivity index (χ4n) is 3.45. The van der Waals surface area contributed by atoms with Crippen LogP contribution >= 0.6 is 24.8 Å². The van der Waals surface area contributed by atoms with Crippen molar-refractivity contribution in [3.05, 3.63) is 35.9 Å². The highest BCUT2D eigenvalue weighted by atomic mass is 35.5. The molecule has 1 saturated heterocycles. The standard InChI is InChI=1S/C20H34N2O.2ClH/c1-2-3-13-19(20(23)18-11-6-4-7-12-18)21-14-10-17-22-15-8-5-9-16-22;;/h4,6-7,11-12,19-21,23H,2-3,5,8-10,13-17H2,1H3;2*1H. The summed E-state index contributed by atoms with van der Waals surface area (Å²) >= 11 is 0. The van der Waals surface area contributed by atoms with Gasteiger partial charge in [-0.2, -0.15) is 0 Å². The minimum Gasteiger partial charge on any atom is -0.387 e. The first kappa shape index (κ1) is 24.7. The van der Waals surface area contributed by atoms with Crippen LogP contribution in [0.4, 0.5) is 0 Å². The SMILES string of the molecule is CCCCC(NCCCN1CCCCC1)C(O)c1ccccc1.Cl.Cl. The Labute approximate surface area is 166 Å².